The Hall–Kier alpha value is -1.83. The lowest BCUT2D eigenvalue weighted by Crippen LogP contribution is -2.25. The molecule has 1 unspecified atom stereocenters. The SMILES string of the molecule is C/C=C/C=C/C(=O)NC(C)c1cc(C)ccc1C. The normalized spacial score (nSPS) is 13.1. The Kier molecular flexibility index (Phi) is 5.37. The monoisotopic (exact) mass is 243 g/mol. The van der Waals surface area contributed by atoms with E-state index in [1.165, 1.54) is 16.7 Å². The van der Waals surface area contributed by atoms with E-state index in [1.54, 1.807) is 12.2 Å². The topological polar surface area (TPSA) is 29.1 Å². The molecular formula is C16H21NO. The van der Waals surface area contributed by atoms with E-state index in [4.69, 9.17) is 0 Å². The third-order valence-electron chi connectivity index (χ3n) is 2.81. The van der Waals surface area contributed by atoms with Crippen molar-refractivity contribution in [1.82, 2.24) is 5.32 Å². The van der Waals surface area contributed by atoms with Crippen molar-refractivity contribution in [3.8, 4) is 0 Å². The summed E-state index contributed by atoms with van der Waals surface area (Å²) in [6.07, 6.45) is 7.01. The molecule has 0 fully saturated rings. The highest BCUT2D eigenvalue weighted by Gasteiger charge is 2.09. The lowest BCUT2D eigenvalue weighted by Gasteiger charge is -2.16. The van der Waals surface area contributed by atoms with Gasteiger partial charge in [0, 0.05) is 6.08 Å². The molecule has 0 saturated heterocycles. The van der Waals surface area contributed by atoms with Crippen molar-refractivity contribution < 1.29 is 4.79 Å². The maximum Gasteiger partial charge on any atom is 0.244 e. The molecular weight excluding hydrogens is 222 g/mol. The summed E-state index contributed by atoms with van der Waals surface area (Å²) in [5.74, 6) is -0.0680. The van der Waals surface area contributed by atoms with E-state index in [1.807, 2.05) is 26.0 Å². The van der Waals surface area contributed by atoms with Gasteiger partial charge in [0.25, 0.3) is 0 Å². The molecule has 0 heterocycles. The molecule has 0 aliphatic carbocycles. The van der Waals surface area contributed by atoms with Gasteiger partial charge in [0.15, 0.2) is 0 Å². The number of amides is 1. The van der Waals surface area contributed by atoms with E-state index >= 15 is 0 Å². The molecule has 0 radical (unpaired) electrons. The van der Waals surface area contributed by atoms with Crippen LogP contribution in [0.3, 0.4) is 0 Å². The van der Waals surface area contributed by atoms with Crippen molar-refractivity contribution in [1.29, 1.82) is 0 Å². The molecule has 0 aliphatic heterocycles. The van der Waals surface area contributed by atoms with Crippen LogP contribution >= 0.6 is 0 Å². The Labute approximate surface area is 109 Å². The van der Waals surface area contributed by atoms with Crippen LogP contribution in [-0.4, -0.2) is 5.91 Å². The molecule has 0 aromatic heterocycles. The van der Waals surface area contributed by atoms with Crippen LogP contribution in [0.25, 0.3) is 0 Å². The molecule has 1 amide bonds. The van der Waals surface area contributed by atoms with E-state index in [2.05, 4.69) is 37.4 Å². The number of allylic oxidation sites excluding steroid dienone is 3. The van der Waals surface area contributed by atoms with E-state index in [-0.39, 0.29) is 11.9 Å². The zero-order valence-corrected chi connectivity index (χ0v) is 11.5. The quantitative estimate of drug-likeness (QED) is 0.635. The van der Waals surface area contributed by atoms with Gasteiger partial charge in [-0.3, -0.25) is 4.79 Å². The molecule has 0 aliphatic rings. The van der Waals surface area contributed by atoms with Crippen LogP contribution in [0.1, 0.15) is 36.6 Å². The Balaban J connectivity index is 2.73. The summed E-state index contributed by atoms with van der Waals surface area (Å²) in [6.45, 7) is 8.04. The summed E-state index contributed by atoms with van der Waals surface area (Å²) in [4.78, 5) is 11.7. The number of carbonyl (C=O) groups excluding carboxylic acids is 1. The fraction of sp³-hybridized carbons (Fsp3) is 0.312. The van der Waals surface area contributed by atoms with Crippen molar-refractivity contribution in [3.05, 3.63) is 59.2 Å². The highest BCUT2D eigenvalue weighted by molar-refractivity contribution is 5.88. The van der Waals surface area contributed by atoms with Crippen molar-refractivity contribution in [3.63, 3.8) is 0 Å². The van der Waals surface area contributed by atoms with E-state index in [0.29, 0.717) is 0 Å². The summed E-state index contributed by atoms with van der Waals surface area (Å²) in [5, 5.41) is 2.96. The van der Waals surface area contributed by atoms with Gasteiger partial charge in [0.1, 0.15) is 0 Å². The first kappa shape index (κ1) is 14.2. The largest absolute Gasteiger partial charge is 0.346 e. The first-order chi connectivity index (χ1) is 8.54. The molecule has 0 spiro atoms. The Morgan fingerprint density at radius 1 is 1.28 bits per heavy atom. The number of nitrogens with one attached hydrogen (secondary N) is 1. The van der Waals surface area contributed by atoms with E-state index in [9.17, 15) is 4.79 Å². The fourth-order valence-electron chi connectivity index (χ4n) is 1.82. The minimum Gasteiger partial charge on any atom is -0.346 e. The number of rotatable bonds is 4. The highest BCUT2D eigenvalue weighted by Crippen LogP contribution is 2.18. The Morgan fingerprint density at radius 2 is 2.00 bits per heavy atom. The molecule has 2 heteroatoms. The molecule has 96 valence electrons. The number of hydrogen-bond acceptors (Lipinski definition) is 1. The second kappa shape index (κ2) is 6.80. The summed E-state index contributed by atoms with van der Waals surface area (Å²) >= 11 is 0. The molecule has 1 rings (SSSR count). The van der Waals surface area contributed by atoms with E-state index < -0.39 is 0 Å². The average molecular weight is 243 g/mol. The molecule has 0 saturated carbocycles. The molecule has 18 heavy (non-hydrogen) atoms. The van der Waals surface area contributed by atoms with Crippen molar-refractivity contribution in [2.75, 3.05) is 0 Å². The van der Waals surface area contributed by atoms with Gasteiger partial charge in [-0.15, -0.1) is 0 Å². The van der Waals surface area contributed by atoms with E-state index in [0.717, 1.165) is 0 Å². The lowest BCUT2D eigenvalue weighted by molar-refractivity contribution is -0.117. The van der Waals surface area contributed by atoms with Gasteiger partial charge < -0.3 is 5.32 Å². The maximum atomic E-state index is 11.7. The predicted molar refractivity (Wildman–Crippen MR) is 76.4 cm³/mol. The minimum atomic E-state index is -0.0680. The molecule has 1 aromatic rings. The zero-order chi connectivity index (χ0) is 13.5. The average Bonchev–Trinajstić information content (AvgIpc) is 2.32. The standard InChI is InChI=1S/C16H21NO/c1-5-6-7-8-16(18)17-14(4)15-11-12(2)9-10-13(15)3/h5-11,14H,1-4H3,(H,17,18)/b6-5+,8-7+. The number of benzene rings is 1. The van der Waals surface area contributed by atoms with Crippen LogP contribution in [0.15, 0.2) is 42.5 Å². The van der Waals surface area contributed by atoms with Gasteiger partial charge in [0.2, 0.25) is 5.91 Å². The van der Waals surface area contributed by atoms with Gasteiger partial charge in [-0.25, -0.2) is 0 Å². The number of hydrogen-bond donors (Lipinski definition) is 1. The van der Waals surface area contributed by atoms with Crippen LogP contribution in [0.4, 0.5) is 0 Å². The fourth-order valence-corrected chi connectivity index (χ4v) is 1.82. The maximum absolute atomic E-state index is 11.7. The number of carbonyl (C=O) groups is 1. The minimum absolute atomic E-state index is 0.0210. The van der Waals surface area contributed by atoms with Crippen LogP contribution in [0.5, 0.6) is 0 Å². The molecule has 1 aromatic carbocycles. The first-order valence-electron chi connectivity index (χ1n) is 6.21. The molecule has 2 nitrogen and oxygen atoms in total. The number of aryl methyl sites for hydroxylation is 2. The van der Waals surface area contributed by atoms with Crippen molar-refractivity contribution in [2.45, 2.75) is 33.7 Å². The van der Waals surface area contributed by atoms with Gasteiger partial charge >= 0.3 is 0 Å². The Morgan fingerprint density at radius 3 is 2.67 bits per heavy atom. The summed E-state index contributed by atoms with van der Waals surface area (Å²) in [5.41, 5.74) is 3.58. The highest BCUT2D eigenvalue weighted by atomic mass is 16.1. The first-order valence-corrected chi connectivity index (χ1v) is 6.21. The second-order valence-electron chi connectivity index (χ2n) is 4.48. The summed E-state index contributed by atoms with van der Waals surface area (Å²) in [6, 6.07) is 6.31. The smallest absolute Gasteiger partial charge is 0.244 e. The van der Waals surface area contributed by atoms with Crippen LogP contribution in [-0.2, 0) is 4.79 Å². The lowest BCUT2D eigenvalue weighted by atomic mass is 10.00. The van der Waals surface area contributed by atoms with Crippen molar-refractivity contribution >= 4 is 5.91 Å². The van der Waals surface area contributed by atoms with Gasteiger partial charge in [-0.1, -0.05) is 42.0 Å². The van der Waals surface area contributed by atoms with Crippen LogP contribution in [0.2, 0.25) is 0 Å². The molecule has 0 bridgehead atoms. The van der Waals surface area contributed by atoms with Crippen LogP contribution < -0.4 is 5.32 Å². The van der Waals surface area contributed by atoms with Gasteiger partial charge in [0.05, 0.1) is 6.04 Å². The van der Waals surface area contributed by atoms with Gasteiger partial charge in [-0.2, -0.15) is 0 Å². The van der Waals surface area contributed by atoms with Gasteiger partial charge in [-0.05, 0) is 38.8 Å². The second-order valence-corrected chi connectivity index (χ2v) is 4.48. The third kappa shape index (κ3) is 4.21. The summed E-state index contributed by atoms with van der Waals surface area (Å²) < 4.78 is 0. The molecule has 1 atom stereocenters. The molecule has 1 N–H and O–H groups in total. The Bertz CT molecular complexity index is 472. The zero-order valence-electron chi connectivity index (χ0n) is 11.5. The summed E-state index contributed by atoms with van der Waals surface area (Å²) in [7, 11) is 0. The predicted octanol–water partition coefficient (Wildman–Crippen LogP) is 3.61. The third-order valence-corrected chi connectivity index (χ3v) is 2.81. The van der Waals surface area contributed by atoms with Crippen LogP contribution in [0, 0.1) is 13.8 Å². The van der Waals surface area contributed by atoms with Crippen molar-refractivity contribution in [2.24, 2.45) is 0 Å².